The Hall–Kier alpha value is -0.900. The molecule has 0 amide bonds. The fraction of sp³-hybridized carbons (Fsp3) is 0.867. The predicted molar refractivity (Wildman–Crippen MR) is 74.0 cm³/mol. The molecule has 1 saturated carbocycles. The van der Waals surface area contributed by atoms with Crippen LogP contribution in [0.25, 0.3) is 0 Å². The van der Waals surface area contributed by atoms with Gasteiger partial charge in [0.1, 0.15) is 0 Å². The van der Waals surface area contributed by atoms with Crippen molar-refractivity contribution in [2.24, 2.45) is 5.92 Å². The molecule has 106 valence electrons. The molecule has 0 spiro atoms. The van der Waals surface area contributed by atoms with Crippen molar-refractivity contribution in [3.05, 3.63) is 11.7 Å². The molecular formula is C15H25N3O. The average molecular weight is 263 g/mol. The van der Waals surface area contributed by atoms with Gasteiger partial charge in [0.15, 0.2) is 5.82 Å². The van der Waals surface area contributed by atoms with Gasteiger partial charge in [-0.15, -0.1) is 0 Å². The second kappa shape index (κ2) is 6.51. The van der Waals surface area contributed by atoms with Gasteiger partial charge in [0, 0.05) is 12.3 Å². The Balaban J connectivity index is 1.59. The van der Waals surface area contributed by atoms with Crippen LogP contribution in [0.3, 0.4) is 0 Å². The van der Waals surface area contributed by atoms with Crippen molar-refractivity contribution in [3.63, 3.8) is 0 Å². The van der Waals surface area contributed by atoms with Gasteiger partial charge < -0.3 is 9.84 Å². The van der Waals surface area contributed by atoms with Crippen molar-refractivity contribution in [3.8, 4) is 0 Å². The Morgan fingerprint density at radius 2 is 1.84 bits per heavy atom. The maximum absolute atomic E-state index is 5.46. The quantitative estimate of drug-likeness (QED) is 0.910. The van der Waals surface area contributed by atoms with Crippen molar-refractivity contribution in [1.82, 2.24) is 15.5 Å². The Morgan fingerprint density at radius 3 is 2.58 bits per heavy atom. The summed E-state index contributed by atoms with van der Waals surface area (Å²) >= 11 is 0. The van der Waals surface area contributed by atoms with E-state index in [2.05, 4.69) is 15.5 Å². The van der Waals surface area contributed by atoms with Gasteiger partial charge in [0.05, 0.1) is 0 Å². The molecule has 0 aromatic carbocycles. The first-order valence-corrected chi connectivity index (χ1v) is 7.95. The SMILES string of the molecule is C1CCCC(c2noc(CC3CCNC3)n2)CCC1. The van der Waals surface area contributed by atoms with E-state index in [4.69, 9.17) is 4.52 Å². The normalized spacial score (nSPS) is 26.2. The summed E-state index contributed by atoms with van der Waals surface area (Å²) in [5, 5.41) is 7.64. The van der Waals surface area contributed by atoms with Gasteiger partial charge in [0.2, 0.25) is 5.89 Å². The van der Waals surface area contributed by atoms with Crippen LogP contribution in [0.4, 0.5) is 0 Å². The lowest BCUT2D eigenvalue weighted by atomic mass is 9.91. The number of aromatic nitrogens is 2. The lowest BCUT2D eigenvalue weighted by molar-refractivity contribution is 0.346. The number of nitrogens with zero attached hydrogens (tertiary/aromatic N) is 2. The Labute approximate surface area is 115 Å². The molecule has 4 nitrogen and oxygen atoms in total. The van der Waals surface area contributed by atoms with E-state index >= 15 is 0 Å². The van der Waals surface area contributed by atoms with Gasteiger partial charge in [-0.2, -0.15) is 4.98 Å². The van der Waals surface area contributed by atoms with Crippen LogP contribution in [-0.4, -0.2) is 23.2 Å². The van der Waals surface area contributed by atoms with Gasteiger partial charge in [-0.25, -0.2) is 0 Å². The number of nitrogens with one attached hydrogen (secondary N) is 1. The van der Waals surface area contributed by atoms with E-state index in [1.807, 2.05) is 0 Å². The van der Waals surface area contributed by atoms with Gasteiger partial charge in [-0.05, 0) is 38.3 Å². The van der Waals surface area contributed by atoms with Crippen LogP contribution in [0.2, 0.25) is 0 Å². The first-order chi connectivity index (χ1) is 9.42. The first-order valence-electron chi connectivity index (χ1n) is 7.95. The number of hydrogen-bond donors (Lipinski definition) is 1. The largest absolute Gasteiger partial charge is 0.339 e. The molecule has 1 atom stereocenters. The van der Waals surface area contributed by atoms with Crippen LogP contribution in [0.5, 0.6) is 0 Å². The molecule has 2 heterocycles. The van der Waals surface area contributed by atoms with Crippen molar-refractivity contribution in [2.45, 2.75) is 63.7 Å². The standard InChI is InChI=1S/C15H25N3O/c1-2-4-6-13(7-5-3-1)15-17-14(19-18-15)10-12-8-9-16-11-12/h12-13,16H,1-11H2. The lowest BCUT2D eigenvalue weighted by Gasteiger charge is -2.15. The summed E-state index contributed by atoms with van der Waals surface area (Å²) in [4.78, 5) is 4.66. The summed E-state index contributed by atoms with van der Waals surface area (Å²) in [6, 6.07) is 0. The maximum Gasteiger partial charge on any atom is 0.226 e. The average Bonchev–Trinajstić information content (AvgIpc) is 3.01. The summed E-state index contributed by atoms with van der Waals surface area (Å²) in [6.45, 7) is 2.23. The third-order valence-corrected chi connectivity index (χ3v) is 4.58. The van der Waals surface area contributed by atoms with Gasteiger partial charge in [0.25, 0.3) is 0 Å². The number of rotatable bonds is 3. The van der Waals surface area contributed by atoms with E-state index in [1.54, 1.807) is 0 Å². The highest BCUT2D eigenvalue weighted by Gasteiger charge is 2.22. The molecule has 0 radical (unpaired) electrons. The van der Waals surface area contributed by atoms with Crippen LogP contribution in [-0.2, 0) is 6.42 Å². The summed E-state index contributed by atoms with van der Waals surface area (Å²) in [5.41, 5.74) is 0. The highest BCUT2D eigenvalue weighted by molar-refractivity contribution is 4.97. The fourth-order valence-corrected chi connectivity index (χ4v) is 3.37. The summed E-state index contributed by atoms with van der Waals surface area (Å²) in [6.07, 6.45) is 11.5. The van der Waals surface area contributed by atoms with Crippen LogP contribution in [0.15, 0.2) is 4.52 Å². The van der Waals surface area contributed by atoms with Crippen LogP contribution in [0.1, 0.15) is 69.0 Å². The van der Waals surface area contributed by atoms with E-state index in [0.717, 1.165) is 31.2 Å². The van der Waals surface area contributed by atoms with E-state index in [0.29, 0.717) is 11.8 Å². The Bertz CT molecular complexity index is 376. The first kappa shape index (κ1) is 13.1. The monoisotopic (exact) mass is 263 g/mol. The van der Waals surface area contributed by atoms with Crippen LogP contribution >= 0.6 is 0 Å². The van der Waals surface area contributed by atoms with Crippen LogP contribution < -0.4 is 5.32 Å². The highest BCUT2D eigenvalue weighted by Crippen LogP contribution is 2.29. The van der Waals surface area contributed by atoms with E-state index in [9.17, 15) is 0 Å². The molecule has 4 heteroatoms. The Morgan fingerprint density at radius 1 is 1.05 bits per heavy atom. The molecule has 1 saturated heterocycles. The van der Waals surface area contributed by atoms with Crippen molar-refractivity contribution in [1.29, 1.82) is 0 Å². The van der Waals surface area contributed by atoms with Crippen molar-refractivity contribution >= 4 is 0 Å². The van der Waals surface area contributed by atoms with Gasteiger partial charge >= 0.3 is 0 Å². The second-order valence-electron chi connectivity index (χ2n) is 6.15. The van der Waals surface area contributed by atoms with Gasteiger partial charge in [-0.1, -0.05) is 37.3 Å². The topological polar surface area (TPSA) is 51.0 Å². The Kier molecular flexibility index (Phi) is 4.49. The predicted octanol–water partition coefficient (Wildman–Crippen LogP) is 3.05. The zero-order valence-electron chi connectivity index (χ0n) is 11.7. The molecular weight excluding hydrogens is 238 g/mol. The minimum absolute atomic E-state index is 0.541. The third-order valence-electron chi connectivity index (χ3n) is 4.58. The number of hydrogen-bond acceptors (Lipinski definition) is 4. The summed E-state index contributed by atoms with van der Waals surface area (Å²) in [7, 11) is 0. The molecule has 1 aliphatic heterocycles. The molecule has 3 rings (SSSR count). The maximum atomic E-state index is 5.46. The molecule has 1 aliphatic carbocycles. The summed E-state index contributed by atoms with van der Waals surface area (Å²) < 4.78 is 5.46. The molecule has 2 aliphatic rings. The molecule has 0 bridgehead atoms. The van der Waals surface area contributed by atoms with E-state index in [1.165, 1.54) is 51.4 Å². The molecule has 1 N–H and O–H groups in total. The van der Waals surface area contributed by atoms with E-state index in [-0.39, 0.29) is 0 Å². The van der Waals surface area contributed by atoms with Crippen LogP contribution in [0, 0.1) is 5.92 Å². The highest BCUT2D eigenvalue weighted by atomic mass is 16.5. The fourth-order valence-electron chi connectivity index (χ4n) is 3.37. The smallest absolute Gasteiger partial charge is 0.226 e. The lowest BCUT2D eigenvalue weighted by Crippen LogP contribution is -2.11. The zero-order valence-corrected chi connectivity index (χ0v) is 11.7. The molecule has 19 heavy (non-hydrogen) atoms. The summed E-state index contributed by atoms with van der Waals surface area (Å²) in [5.74, 6) is 3.05. The molecule has 1 unspecified atom stereocenters. The minimum Gasteiger partial charge on any atom is -0.339 e. The molecule has 1 aromatic heterocycles. The van der Waals surface area contributed by atoms with Crippen molar-refractivity contribution < 1.29 is 4.52 Å². The van der Waals surface area contributed by atoms with Crippen molar-refractivity contribution in [2.75, 3.05) is 13.1 Å². The zero-order chi connectivity index (χ0) is 12.9. The molecule has 2 fully saturated rings. The third kappa shape index (κ3) is 3.56. The van der Waals surface area contributed by atoms with Gasteiger partial charge in [-0.3, -0.25) is 0 Å². The second-order valence-corrected chi connectivity index (χ2v) is 6.15. The molecule has 1 aromatic rings. The minimum atomic E-state index is 0.541. The van der Waals surface area contributed by atoms with E-state index < -0.39 is 0 Å².